The van der Waals surface area contributed by atoms with E-state index in [-0.39, 0.29) is 6.10 Å². The Kier molecular flexibility index (Phi) is 6.73. The monoisotopic (exact) mass is 432 g/mol. The van der Waals surface area contributed by atoms with Crippen molar-refractivity contribution in [1.82, 2.24) is 0 Å². The van der Waals surface area contributed by atoms with E-state index < -0.39 is 6.16 Å². The quantitative estimate of drug-likeness (QED) is 0.430. The summed E-state index contributed by atoms with van der Waals surface area (Å²) in [6, 6.07) is 0. The molecule has 4 saturated carbocycles. The van der Waals surface area contributed by atoms with E-state index in [2.05, 4.69) is 34.6 Å². The lowest BCUT2D eigenvalue weighted by atomic mass is 9.44. The summed E-state index contributed by atoms with van der Waals surface area (Å²) in [5.74, 6) is 5.98. The van der Waals surface area contributed by atoms with Crippen LogP contribution in [-0.2, 0) is 4.74 Å². The minimum absolute atomic E-state index is 0.0662. The molecule has 178 valence electrons. The third-order valence-corrected chi connectivity index (χ3v) is 11.1. The fraction of sp³-hybridized carbons (Fsp3) is 0.964. The minimum Gasteiger partial charge on any atom is -0.450 e. The maximum atomic E-state index is 11.1. The van der Waals surface area contributed by atoms with Crippen LogP contribution in [0.4, 0.5) is 4.79 Å². The van der Waals surface area contributed by atoms with Crippen LogP contribution in [0.15, 0.2) is 0 Å². The maximum absolute atomic E-state index is 11.1. The van der Waals surface area contributed by atoms with Crippen LogP contribution in [0.3, 0.4) is 0 Å². The van der Waals surface area contributed by atoms with Crippen LogP contribution in [0.5, 0.6) is 0 Å². The fourth-order valence-corrected chi connectivity index (χ4v) is 9.49. The van der Waals surface area contributed by atoms with Crippen LogP contribution in [0.25, 0.3) is 0 Å². The molecule has 0 bridgehead atoms. The average Bonchev–Trinajstić information content (AvgIpc) is 3.05. The molecule has 0 aromatic heterocycles. The van der Waals surface area contributed by atoms with E-state index in [9.17, 15) is 4.79 Å². The van der Waals surface area contributed by atoms with Crippen LogP contribution in [-0.4, -0.2) is 17.4 Å². The van der Waals surface area contributed by atoms with Crippen LogP contribution in [0.2, 0.25) is 0 Å². The Morgan fingerprint density at radius 1 is 0.935 bits per heavy atom. The molecular weight excluding hydrogens is 384 g/mol. The van der Waals surface area contributed by atoms with Crippen LogP contribution >= 0.6 is 0 Å². The van der Waals surface area contributed by atoms with Crippen molar-refractivity contribution in [3.05, 3.63) is 0 Å². The highest BCUT2D eigenvalue weighted by atomic mass is 16.7. The van der Waals surface area contributed by atoms with Gasteiger partial charge >= 0.3 is 6.16 Å². The van der Waals surface area contributed by atoms with Gasteiger partial charge in [-0.15, -0.1) is 0 Å². The average molecular weight is 433 g/mol. The molecule has 4 aliphatic rings. The molecule has 0 aromatic rings. The predicted octanol–water partition coefficient (Wildman–Crippen LogP) is 8.17. The second kappa shape index (κ2) is 8.90. The first-order valence-electron chi connectivity index (χ1n) is 13.5. The smallest absolute Gasteiger partial charge is 0.450 e. The van der Waals surface area contributed by atoms with Gasteiger partial charge in [0.05, 0.1) is 0 Å². The van der Waals surface area contributed by atoms with E-state index in [4.69, 9.17) is 9.84 Å². The molecule has 0 radical (unpaired) electrons. The Balaban J connectivity index is 1.43. The van der Waals surface area contributed by atoms with Gasteiger partial charge in [-0.25, -0.2) is 4.79 Å². The van der Waals surface area contributed by atoms with Gasteiger partial charge in [-0.2, -0.15) is 0 Å². The molecular formula is C28H48O3. The topological polar surface area (TPSA) is 46.5 Å². The number of hydrogen-bond donors (Lipinski definition) is 1. The normalized spacial score (nSPS) is 45.5. The van der Waals surface area contributed by atoms with E-state index in [1.54, 1.807) is 0 Å². The SMILES string of the molecule is CC(C)CCC[C@@H](C)[C@H]1CC[C@H]2[C@@H]3CCC4CC(OC(=O)O)CC[C@]4(C)[C@H]3CC[C@]12C. The first-order valence-corrected chi connectivity index (χ1v) is 13.5. The molecule has 4 fully saturated rings. The molecule has 1 N–H and O–H groups in total. The molecule has 3 heteroatoms. The van der Waals surface area contributed by atoms with Gasteiger partial charge in [-0.3, -0.25) is 0 Å². The third kappa shape index (κ3) is 4.29. The summed E-state index contributed by atoms with van der Waals surface area (Å²) < 4.78 is 5.21. The Morgan fingerprint density at radius 3 is 2.35 bits per heavy atom. The molecule has 0 spiro atoms. The first kappa shape index (κ1) is 23.4. The number of rotatable bonds is 6. The summed E-state index contributed by atoms with van der Waals surface area (Å²) in [6.45, 7) is 12.5. The van der Waals surface area contributed by atoms with E-state index in [1.807, 2.05) is 0 Å². The van der Waals surface area contributed by atoms with Crippen molar-refractivity contribution in [2.75, 3.05) is 0 Å². The van der Waals surface area contributed by atoms with Crippen molar-refractivity contribution in [1.29, 1.82) is 0 Å². The van der Waals surface area contributed by atoms with Gasteiger partial charge < -0.3 is 9.84 Å². The highest BCUT2D eigenvalue weighted by molar-refractivity contribution is 5.57. The molecule has 0 aromatic carbocycles. The predicted molar refractivity (Wildman–Crippen MR) is 126 cm³/mol. The molecule has 4 aliphatic carbocycles. The van der Waals surface area contributed by atoms with Crippen molar-refractivity contribution < 1.29 is 14.6 Å². The third-order valence-electron chi connectivity index (χ3n) is 11.1. The highest BCUT2D eigenvalue weighted by Gasteiger charge is 2.60. The summed E-state index contributed by atoms with van der Waals surface area (Å²) in [6.07, 6.45) is 14.5. The van der Waals surface area contributed by atoms with Gasteiger partial charge in [-0.05, 0) is 110 Å². The standard InChI is InChI=1S/C28H48O3/c1-18(2)7-6-8-19(3)23-11-12-24-22-10-9-20-17-21(31-26(29)30)13-15-27(20,4)25(22)14-16-28(23,24)5/h18-25H,6-17H2,1-5H3,(H,29,30)/t19-,20?,21?,22+,23-,24+,25+,27+,28-/m1/s1. The summed E-state index contributed by atoms with van der Waals surface area (Å²) in [5, 5.41) is 9.07. The lowest BCUT2D eigenvalue weighted by molar-refractivity contribution is -0.131. The molecule has 0 aliphatic heterocycles. The molecule has 2 unspecified atom stereocenters. The van der Waals surface area contributed by atoms with Crippen molar-refractivity contribution in [3.63, 3.8) is 0 Å². The molecule has 3 nitrogen and oxygen atoms in total. The number of ether oxygens (including phenoxy) is 1. The minimum atomic E-state index is -1.09. The van der Waals surface area contributed by atoms with E-state index in [0.29, 0.717) is 16.7 Å². The van der Waals surface area contributed by atoms with Crippen LogP contribution < -0.4 is 0 Å². The summed E-state index contributed by atoms with van der Waals surface area (Å²) >= 11 is 0. The van der Waals surface area contributed by atoms with Gasteiger partial charge in [0, 0.05) is 0 Å². The maximum Gasteiger partial charge on any atom is 0.506 e. The van der Waals surface area contributed by atoms with Gasteiger partial charge in [0.15, 0.2) is 0 Å². The van der Waals surface area contributed by atoms with Gasteiger partial charge in [0.25, 0.3) is 0 Å². The summed E-state index contributed by atoms with van der Waals surface area (Å²) in [7, 11) is 0. The first-order chi connectivity index (χ1) is 14.6. The highest BCUT2D eigenvalue weighted by Crippen LogP contribution is 2.68. The van der Waals surface area contributed by atoms with E-state index in [1.165, 1.54) is 57.8 Å². The largest absolute Gasteiger partial charge is 0.506 e. The Bertz CT molecular complexity index is 644. The van der Waals surface area contributed by atoms with Crippen molar-refractivity contribution in [3.8, 4) is 0 Å². The van der Waals surface area contributed by atoms with Crippen molar-refractivity contribution in [2.45, 2.75) is 118 Å². The lowest BCUT2D eigenvalue weighted by Gasteiger charge is -2.61. The van der Waals surface area contributed by atoms with Crippen molar-refractivity contribution in [2.24, 2.45) is 52.3 Å². The zero-order valence-corrected chi connectivity index (χ0v) is 20.9. The van der Waals surface area contributed by atoms with Crippen LogP contribution in [0.1, 0.15) is 112 Å². The second-order valence-electron chi connectivity index (χ2n) is 13.0. The molecule has 0 saturated heterocycles. The molecule has 31 heavy (non-hydrogen) atoms. The lowest BCUT2D eigenvalue weighted by Crippen LogP contribution is -2.54. The zero-order chi connectivity index (χ0) is 22.4. The van der Waals surface area contributed by atoms with Crippen molar-refractivity contribution >= 4 is 6.16 Å². The summed E-state index contributed by atoms with van der Waals surface area (Å²) in [4.78, 5) is 11.1. The summed E-state index contributed by atoms with van der Waals surface area (Å²) in [5.41, 5.74) is 0.967. The zero-order valence-electron chi connectivity index (χ0n) is 20.9. The van der Waals surface area contributed by atoms with E-state index in [0.717, 1.165) is 54.8 Å². The molecule has 9 atom stereocenters. The van der Waals surface area contributed by atoms with E-state index >= 15 is 0 Å². The number of carbonyl (C=O) groups is 1. The van der Waals surface area contributed by atoms with Crippen LogP contribution in [0, 0.1) is 52.3 Å². The number of fused-ring (bicyclic) bond motifs is 5. The number of carboxylic acid groups (broad SMARTS) is 1. The Labute approximate surface area is 191 Å². The number of hydrogen-bond acceptors (Lipinski definition) is 2. The molecule has 0 heterocycles. The Hall–Kier alpha value is -0.730. The Morgan fingerprint density at radius 2 is 1.65 bits per heavy atom. The van der Waals surface area contributed by atoms with Gasteiger partial charge in [-0.1, -0.05) is 53.9 Å². The fourth-order valence-electron chi connectivity index (χ4n) is 9.49. The van der Waals surface area contributed by atoms with Gasteiger partial charge in [0.2, 0.25) is 0 Å². The molecule has 4 rings (SSSR count). The second-order valence-corrected chi connectivity index (χ2v) is 13.0. The van der Waals surface area contributed by atoms with Gasteiger partial charge in [0.1, 0.15) is 6.10 Å². The molecule has 0 amide bonds.